The van der Waals surface area contributed by atoms with E-state index in [-0.39, 0.29) is 17.4 Å². The van der Waals surface area contributed by atoms with E-state index < -0.39 is 27.9 Å². The third-order valence-corrected chi connectivity index (χ3v) is 10.6. The maximum Gasteiger partial charge on any atom is 0.338 e. The molecule has 200 valence electrons. The van der Waals surface area contributed by atoms with E-state index in [4.69, 9.17) is 21.1 Å². The highest BCUT2D eigenvalue weighted by Gasteiger charge is 2.38. The topological polar surface area (TPSA) is 107 Å². The lowest BCUT2D eigenvalue weighted by Gasteiger charge is -2.31. The Balaban J connectivity index is 1.73. The van der Waals surface area contributed by atoms with Gasteiger partial charge >= 0.3 is 5.97 Å². The van der Waals surface area contributed by atoms with Crippen molar-refractivity contribution in [3.8, 4) is 0 Å². The molecule has 0 aliphatic carbocycles. The number of aromatic nitrogens is 1. The number of hydrogen-bond donors (Lipinski definition) is 0. The van der Waals surface area contributed by atoms with Gasteiger partial charge in [0.2, 0.25) is 0 Å². The van der Waals surface area contributed by atoms with Crippen LogP contribution in [0.1, 0.15) is 43.5 Å². The Labute approximate surface area is 228 Å². The van der Waals surface area contributed by atoms with E-state index in [1.807, 2.05) is 11.5 Å². The molecule has 0 bridgehead atoms. The molecule has 1 atom stereocenters. The minimum absolute atomic E-state index is 0.109. The Bertz CT molecular complexity index is 1460. The van der Waals surface area contributed by atoms with Gasteiger partial charge in [-0.05, 0) is 57.0 Å². The molecule has 1 aliphatic heterocycles. The number of amides is 1. The average molecular weight is 586 g/mol. The largest absolute Gasteiger partial charge is 0.462 e. The lowest BCUT2D eigenvalue weighted by Crippen LogP contribution is -2.47. The highest BCUT2D eigenvalue weighted by atomic mass is 35.5. The van der Waals surface area contributed by atoms with Crippen molar-refractivity contribution in [3.05, 3.63) is 45.0 Å². The zero-order valence-corrected chi connectivity index (χ0v) is 23.7. The first-order chi connectivity index (χ1) is 17.8. The van der Waals surface area contributed by atoms with Crippen LogP contribution in [0.25, 0.3) is 10.2 Å². The second-order valence-electron chi connectivity index (χ2n) is 8.27. The fourth-order valence-electron chi connectivity index (χ4n) is 4.18. The zero-order chi connectivity index (χ0) is 26.6. The van der Waals surface area contributed by atoms with Gasteiger partial charge in [0.1, 0.15) is 10.3 Å². The van der Waals surface area contributed by atoms with E-state index in [0.717, 1.165) is 28.0 Å². The van der Waals surface area contributed by atoms with Gasteiger partial charge in [-0.1, -0.05) is 29.4 Å². The molecule has 2 aromatic heterocycles. The van der Waals surface area contributed by atoms with Crippen LogP contribution >= 0.6 is 34.3 Å². The predicted molar refractivity (Wildman–Crippen MR) is 144 cm³/mol. The number of sulfonamides is 1. The Morgan fingerprint density at radius 1 is 1.14 bits per heavy atom. The number of nitrogens with zero attached hydrogens (tertiary/aromatic N) is 3. The van der Waals surface area contributed by atoms with Gasteiger partial charge in [0.05, 0.1) is 33.3 Å². The van der Waals surface area contributed by atoms with Crippen LogP contribution in [0.4, 0.5) is 0 Å². The summed E-state index contributed by atoms with van der Waals surface area (Å²) in [5, 5.41) is 0. The summed E-state index contributed by atoms with van der Waals surface area (Å²) in [4.78, 5) is 30.5. The van der Waals surface area contributed by atoms with Crippen molar-refractivity contribution >= 4 is 66.4 Å². The first kappa shape index (κ1) is 27.9. The normalized spacial score (nSPS) is 17.4. The van der Waals surface area contributed by atoms with E-state index in [9.17, 15) is 18.0 Å². The molecule has 37 heavy (non-hydrogen) atoms. The summed E-state index contributed by atoms with van der Waals surface area (Å²) in [6, 6.07) is 7.29. The number of carbonyl (C=O) groups is 2. The Morgan fingerprint density at radius 2 is 1.95 bits per heavy atom. The number of thiophene rings is 1. The van der Waals surface area contributed by atoms with Gasteiger partial charge in [0, 0.05) is 19.7 Å². The number of esters is 1. The Kier molecular flexibility index (Phi) is 9.20. The fourth-order valence-corrected chi connectivity index (χ4v) is 8.54. The first-order valence-corrected chi connectivity index (χ1v) is 15.4. The summed E-state index contributed by atoms with van der Waals surface area (Å²) in [5.74, 6) is -0.946. The number of piperidine rings is 1. The van der Waals surface area contributed by atoms with Crippen LogP contribution in [0.2, 0.25) is 4.34 Å². The Morgan fingerprint density at radius 3 is 2.65 bits per heavy atom. The number of ether oxygens (including phenoxy) is 2. The fraction of sp³-hybridized carbons (Fsp3) is 0.458. The highest BCUT2D eigenvalue weighted by molar-refractivity contribution is 7.91. The van der Waals surface area contributed by atoms with E-state index >= 15 is 0 Å². The van der Waals surface area contributed by atoms with E-state index in [1.165, 1.54) is 27.8 Å². The number of fused-ring (bicyclic) bond motifs is 1. The molecule has 1 fully saturated rings. The van der Waals surface area contributed by atoms with Gasteiger partial charge in [-0.25, -0.2) is 13.2 Å². The molecule has 3 aromatic rings. The highest BCUT2D eigenvalue weighted by Crippen LogP contribution is 2.32. The molecule has 0 spiro atoms. The van der Waals surface area contributed by atoms with Crippen molar-refractivity contribution < 1.29 is 27.5 Å². The molecular weight excluding hydrogens is 558 g/mol. The van der Waals surface area contributed by atoms with E-state index in [0.29, 0.717) is 47.3 Å². The van der Waals surface area contributed by atoms with Crippen molar-refractivity contribution in [3.63, 3.8) is 0 Å². The number of thiazole rings is 1. The minimum atomic E-state index is -3.89. The molecule has 0 radical (unpaired) electrons. The number of carbonyl (C=O) groups excluding carboxylic acids is 2. The van der Waals surface area contributed by atoms with Crippen molar-refractivity contribution in [2.45, 2.75) is 49.9 Å². The summed E-state index contributed by atoms with van der Waals surface area (Å²) in [6.07, 6.45) is 1.77. The average Bonchev–Trinajstić information content (AvgIpc) is 3.47. The molecule has 3 heterocycles. The molecule has 0 N–H and O–H groups in total. The summed E-state index contributed by atoms with van der Waals surface area (Å²) < 4.78 is 41.6. The number of benzene rings is 1. The quantitative estimate of drug-likeness (QED) is 0.274. The smallest absolute Gasteiger partial charge is 0.338 e. The SMILES string of the molecule is CCOCCn1c(=NC(=O)C2CCCCN2S(=O)(=O)c2ccc(Cl)s2)sc2cc(C(=O)OCC)ccc21. The van der Waals surface area contributed by atoms with Crippen molar-refractivity contribution in [1.82, 2.24) is 8.87 Å². The third kappa shape index (κ3) is 6.15. The van der Waals surface area contributed by atoms with Crippen LogP contribution in [0, 0.1) is 0 Å². The van der Waals surface area contributed by atoms with E-state index in [2.05, 4.69) is 4.99 Å². The molecule has 1 aliphatic rings. The second-order valence-corrected chi connectivity index (χ2v) is 13.1. The molecule has 13 heteroatoms. The molecular formula is C24H28ClN3O6S3. The van der Waals surface area contributed by atoms with Crippen LogP contribution in [0.3, 0.4) is 0 Å². The Hall–Kier alpha value is -2.09. The third-order valence-electron chi connectivity index (χ3n) is 5.91. The number of rotatable bonds is 9. The maximum atomic E-state index is 13.5. The van der Waals surface area contributed by atoms with Crippen molar-refractivity contribution in [1.29, 1.82) is 0 Å². The van der Waals surface area contributed by atoms with Crippen LogP contribution in [0.5, 0.6) is 0 Å². The number of halogens is 1. The van der Waals surface area contributed by atoms with Crippen molar-refractivity contribution in [2.75, 3.05) is 26.4 Å². The monoisotopic (exact) mass is 585 g/mol. The molecule has 1 amide bonds. The molecule has 4 rings (SSSR count). The lowest BCUT2D eigenvalue weighted by molar-refractivity contribution is -0.122. The summed E-state index contributed by atoms with van der Waals surface area (Å²) in [7, 11) is -3.89. The van der Waals surface area contributed by atoms with Gasteiger partial charge in [0.25, 0.3) is 15.9 Å². The molecule has 9 nitrogen and oxygen atoms in total. The molecule has 1 unspecified atom stereocenters. The number of hydrogen-bond acceptors (Lipinski definition) is 8. The van der Waals surface area contributed by atoms with Gasteiger partial charge in [-0.3, -0.25) is 4.79 Å². The van der Waals surface area contributed by atoms with Gasteiger partial charge < -0.3 is 14.0 Å². The van der Waals surface area contributed by atoms with Crippen LogP contribution in [-0.4, -0.2) is 61.6 Å². The standard InChI is InChI=1S/C24H28ClN3O6S3/c1-3-33-14-13-27-17-9-8-16(23(30)34-4-2)15-19(17)35-24(27)26-22(29)18-7-5-6-12-28(18)37(31,32)21-11-10-20(25)36-21/h8-11,15,18H,3-7,12-14H2,1-2H3. The van der Waals surface area contributed by atoms with Crippen molar-refractivity contribution in [2.24, 2.45) is 4.99 Å². The molecule has 1 aromatic carbocycles. The summed E-state index contributed by atoms with van der Waals surface area (Å²) in [5.41, 5.74) is 1.20. The molecule has 1 saturated heterocycles. The van der Waals surface area contributed by atoms with Crippen LogP contribution in [-0.2, 0) is 30.8 Å². The maximum absolute atomic E-state index is 13.5. The summed E-state index contributed by atoms with van der Waals surface area (Å²) >= 11 is 8.21. The van der Waals surface area contributed by atoms with Gasteiger partial charge in [0.15, 0.2) is 4.80 Å². The molecule has 0 saturated carbocycles. The van der Waals surface area contributed by atoms with E-state index in [1.54, 1.807) is 25.1 Å². The summed E-state index contributed by atoms with van der Waals surface area (Å²) in [6.45, 7) is 5.55. The predicted octanol–water partition coefficient (Wildman–Crippen LogP) is 4.30. The van der Waals surface area contributed by atoms with Crippen LogP contribution in [0.15, 0.2) is 39.5 Å². The first-order valence-electron chi connectivity index (χ1n) is 12.0. The lowest BCUT2D eigenvalue weighted by atomic mass is 10.0. The van der Waals surface area contributed by atoms with Gasteiger partial charge in [-0.15, -0.1) is 11.3 Å². The minimum Gasteiger partial charge on any atom is -0.462 e. The zero-order valence-electron chi connectivity index (χ0n) is 20.5. The van der Waals surface area contributed by atoms with Crippen LogP contribution < -0.4 is 4.80 Å². The van der Waals surface area contributed by atoms with Gasteiger partial charge in [-0.2, -0.15) is 9.30 Å². The second kappa shape index (κ2) is 12.2.